The minimum Gasteiger partial charge on any atom is -0.440 e. The van der Waals surface area contributed by atoms with E-state index in [1.807, 2.05) is 6.92 Å². The highest BCUT2D eigenvalue weighted by atomic mass is 32.2. The van der Waals surface area contributed by atoms with Crippen LogP contribution in [0.5, 0.6) is 0 Å². The molecule has 0 saturated carbocycles. The average Bonchev–Trinajstić information content (AvgIpc) is 2.63. The third-order valence-electron chi connectivity index (χ3n) is 2.50. The van der Waals surface area contributed by atoms with Crippen molar-refractivity contribution in [1.29, 1.82) is 0 Å². The molecule has 1 saturated heterocycles. The molecular formula is C10H16N2OS. The van der Waals surface area contributed by atoms with Gasteiger partial charge in [0.15, 0.2) is 0 Å². The van der Waals surface area contributed by atoms with Crippen molar-refractivity contribution in [3.8, 4) is 0 Å². The summed E-state index contributed by atoms with van der Waals surface area (Å²) in [6.07, 6.45) is 4.28. The van der Waals surface area contributed by atoms with E-state index in [2.05, 4.69) is 10.3 Å². The van der Waals surface area contributed by atoms with Crippen LogP contribution in [0.4, 0.5) is 0 Å². The van der Waals surface area contributed by atoms with Gasteiger partial charge in [-0.2, -0.15) is 0 Å². The van der Waals surface area contributed by atoms with Gasteiger partial charge in [-0.3, -0.25) is 0 Å². The Bertz CT molecular complexity index is 281. The first-order valence-electron chi connectivity index (χ1n) is 5.10. The van der Waals surface area contributed by atoms with Gasteiger partial charge in [-0.25, -0.2) is 4.98 Å². The van der Waals surface area contributed by atoms with Gasteiger partial charge in [0.1, 0.15) is 6.26 Å². The molecule has 1 fully saturated rings. The van der Waals surface area contributed by atoms with Crippen molar-refractivity contribution in [2.75, 3.05) is 18.8 Å². The van der Waals surface area contributed by atoms with Crippen molar-refractivity contribution < 1.29 is 4.42 Å². The zero-order valence-corrected chi connectivity index (χ0v) is 9.27. The molecule has 2 rings (SSSR count). The van der Waals surface area contributed by atoms with E-state index in [0.29, 0.717) is 0 Å². The first kappa shape index (κ1) is 10.1. The van der Waals surface area contributed by atoms with Crippen LogP contribution in [0.3, 0.4) is 0 Å². The first-order chi connectivity index (χ1) is 6.84. The highest BCUT2D eigenvalue weighted by Gasteiger charge is 2.14. The predicted molar refractivity (Wildman–Crippen MR) is 57.6 cm³/mol. The number of nitrogens with one attached hydrogen (secondary N) is 1. The van der Waals surface area contributed by atoms with Crippen LogP contribution in [-0.4, -0.2) is 23.8 Å². The maximum absolute atomic E-state index is 5.29. The van der Waals surface area contributed by atoms with E-state index in [-0.39, 0.29) is 0 Å². The Hall–Kier alpha value is -0.480. The lowest BCUT2D eigenvalue weighted by Gasteiger charge is -2.21. The van der Waals surface area contributed by atoms with Crippen molar-refractivity contribution in [2.45, 2.75) is 25.0 Å². The Balaban J connectivity index is 1.76. The molecule has 0 bridgehead atoms. The summed E-state index contributed by atoms with van der Waals surface area (Å²) in [6, 6.07) is 0. The molecule has 0 amide bonds. The van der Waals surface area contributed by atoms with Crippen LogP contribution in [0.1, 0.15) is 18.5 Å². The number of thioether (sulfide) groups is 1. The molecular weight excluding hydrogens is 196 g/mol. The fourth-order valence-electron chi connectivity index (χ4n) is 1.64. The molecule has 0 spiro atoms. The molecule has 4 heteroatoms. The van der Waals surface area contributed by atoms with Gasteiger partial charge in [0.2, 0.25) is 0 Å². The van der Waals surface area contributed by atoms with Crippen LogP contribution < -0.4 is 5.32 Å². The Kier molecular flexibility index (Phi) is 3.48. The molecule has 78 valence electrons. The van der Waals surface area contributed by atoms with E-state index < -0.39 is 0 Å². The summed E-state index contributed by atoms with van der Waals surface area (Å²) in [7, 11) is 0. The Labute approximate surface area is 88.7 Å². The second-order valence-corrected chi connectivity index (χ2v) is 4.73. The first-order valence-corrected chi connectivity index (χ1v) is 6.09. The maximum atomic E-state index is 5.29. The summed E-state index contributed by atoms with van der Waals surface area (Å²) in [5.41, 5.74) is 0.970. The molecule has 1 aromatic rings. The summed E-state index contributed by atoms with van der Waals surface area (Å²) in [5, 5.41) is 4.19. The minimum atomic E-state index is 0.820. The van der Waals surface area contributed by atoms with Crippen LogP contribution in [0.25, 0.3) is 0 Å². The summed E-state index contributed by atoms with van der Waals surface area (Å²) in [6.45, 7) is 4.28. The standard InChI is InChI=1S/C10H16N2OS/c1-8-6-13-10(12-8)14-7-9-2-4-11-5-3-9/h6,9,11H,2-5,7H2,1H3. The molecule has 0 aromatic carbocycles. The number of rotatable bonds is 3. The number of aryl methyl sites for hydroxylation is 1. The number of hydrogen-bond acceptors (Lipinski definition) is 4. The van der Waals surface area contributed by atoms with Gasteiger partial charge in [0.25, 0.3) is 5.22 Å². The van der Waals surface area contributed by atoms with Crippen molar-refractivity contribution in [3.63, 3.8) is 0 Å². The quantitative estimate of drug-likeness (QED) is 0.778. The fourth-order valence-corrected chi connectivity index (χ4v) is 2.67. The average molecular weight is 212 g/mol. The highest BCUT2D eigenvalue weighted by Crippen LogP contribution is 2.23. The largest absolute Gasteiger partial charge is 0.440 e. The van der Waals surface area contributed by atoms with Crippen LogP contribution in [-0.2, 0) is 0 Å². The van der Waals surface area contributed by atoms with Gasteiger partial charge in [-0.1, -0.05) is 11.8 Å². The van der Waals surface area contributed by atoms with E-state index in [9.17, 15) is 0 Å². The minimum absolute atomic E-state index is 0.820. The maximum Gasteiger partial charge on any atom is 0.255 e. The Morgan fingerprint density at radius 1 is 1.57 bits per heavy atom. The molecule has 1 N–H and O–H groups in total. The van der Waals surface area contributed by atoms with E-state index in [4.69, 9.17) is 4.42 Å². The number of aromatic nitrogens is 1. The van der Waals surface area contributed by atoms with E-state index >= 15 is 0 Å². The molecule has 2 heterocycles. The summed E-state index contributed by atoms with van der Waals surface area (Å²) in [5.74, 6) is 1.97. The monoisotopic (exact) mass is 212 g/mol. The number of oxazole rings is 1. The zero-order valence-electron chi connectivity index (χ0n) is 8.45. The smallest absolute Gasteiger partial charge is 0.255 e. The highest BCUT2D eigenvalue weighted by molar-refractivity contribution is 7.99. The van der Waals surface area contributed by atoms with Gasteiger partial charge >= 0.3 is 0 Å². The van der Waals surface area contributed by atoms with Gasteiger partial charge in [0, 0.05) is 5.75 Å². The van der Waals surface area contributed by atoms with E-state index in [0.717, 1.165) is 35.7 Å². The Morgan fingerprint density at radius 2 is 2.36 bits per heavy atom. The normalized spacial score (nSPS) is 18.6. The van der Waals surface area contributed by atoms with Crippen molar-refractivity contribution in [1.82, 2.24) is 10.3 Å². The number of nitrogens with zero attached hydrogens (tertiary/aromatic N) is 1. The van der Waals surface area contributed by atoms with Gasteiger partial charge in [0.05, 0.1) is 5.69 Å². The van der Waals surface area contributed by atoms with Crippen LogP contribution in [0, 0.1) is 12.8 Å². The van der Waals surface area contributed by atoms with E-state index in [1.165, 1.54) is 12.8 Å². The Morgan fingerprint density at radius 3 is 3.00 bits per heavy atom. The van der Waals surface area contributed by atoms with Crippen molar-refractivity contribution in [3.05, 3.63) is 12.0 Å². The summed E-state index contributed by atoms with van der Waals surface area (Å²) in [4.78, 5) is 4.28. The van der Waals surface area contributed by atoms with E-state index in [1.54, 1.807) is 18.0 Å². The van der Waals surface area contributed by atoms with Crippen LogP contribution in [0.15, 0.2) is 15.9 Å². The third-order valence-corrected chi connectivity index (χ3v) is 3.57. The molecule has 1 aliphatic rings. The topological polar surface area (TPSA) is 38.1 Å². The SMILES string of the molecule is Cc1coc(SCC2CCNCC2)n1. The molecule has 1 aliphatic heterocycles. The fraction of sp³-hybridized carbons (Fsp3) is 0.700. The van der Waals surface area contributed by atoms with Crippen LogP contribution in [0.2, 0.25) is 0 Å². The van der Waals surface area contributed by atoms with Gasteiger partial charge < -0.3 is 9.73 Å². The molecule has 0 radical (unpaired) electrons. The molecule has 3 nitrogen and oxygen atoms in total. The third kappa shape index (κ3) is 2.75. The number of piperidine rings is 1. The molecule has 1 aromatic heterocycles. The molecule has 0 unspecified atom stereocenters. The predicted octanol–water partition coefficient (Wildman–Crippen LogP) is 2.07. The van der Waals surface area contributed by atoms with Crippen LogP contribution >= 0.6 is 11.8 Å². The summed E-state index contributed by atoms with van der Waals surface area (Å²) >= 11 is 1.74. The lowest BCUT2D eigenvalue weighted by Crippen LogP contribution is -2.28. The second kappa shape index (κ2) is 4.84. The molecule has 14 heavy (non-hydrogen) atoms. The van der Waals surface area contributed by atoms with Crippen molar-refractivity contribution >= 4 is 11.8 Å². The molecule has 0 atom stereocenters. The van der Waals surface area contributed by atoms with Crippen molar-refractivity contribution in [2.24, 2.45) is 5.92 Å². The zero-order chi connectivity index (χ0) is 9.80. The lowest BCUT2D eigenvalue weighted by atomic mass is 10.0. The lowest BCUT2D eigenvalue weighted by molar-refractivity contribution is 0.404. The molecule has 0 aliphatic carbocycles. The second-order valence-electron chi connectivity index (χ2n) is 3.76. The summed E-state index contributed by atoms with van der Waals surface area (Å²) < 4.78 is 5.29. The number of hydrogen-bond donors (Lipinski definition) is 1. The van der Waals surface area contributed by atoms with Gasteiger partial charge in [-0.05, 0) is 38.8 Å². The van der Waals surface area contributed by atoms with Gasteiger partial charge in [-0.15, -0.1) is 0 Å².